The maximum Gasteiger partial charge on any atom is 0.416 e. The van der Waals surface area contributed by atoms with E-state index in [1.807, 2.05) is 4.90 Å². The Morgan fingerprint density at radius 2 is 1.76 bits per heavy atom. The van der Waals surface area contributed by atoms with Crippen LogP contribution in [0.5, 0.6) is 0 Å². The van der Waals surface area contributed by atoms with E-state index in [9.17, 15) is 18.0 Å². The normalized spacial score (nSPS) is 20.8. The van der Waals surface area contributed by atoms with Gasteiger partial charge in [0.25, 0.3) is 0 Å². The predicted octanol–water partition coefficient (Wildman–Crippen LogP) is 5.34. The van der Waals surface area contributed by atoms with E-state index in [4.69, 9.17) is 9.26 Å². The molecule has 2 atom stereocenters. The van der Waals surface area contributed by atoms with Gasteiger partial charge in [0, 0.05) is 37.7 Å². The van der Waals surface area contributed by atoms with E-state index in [0.29, 0.717) is 51.7 Å². The summed E-state index contributed by atoms with van der Waals surface area (Å²) in [5.41, 5.74) is 1.82. The number of amides is 2. The Labute approximate surface area is 213 Å². The first-order valence-electron chi connectivity index (χ1n) is 12.5. The number of urea groups is 1. The van der Waals surface area contributed by atoms with Crippen molar-refractivity contribution >= 4 is 6.03 Å². The number of aryl methyl sites for hydroxylation is 1. The summed E-state index contributed by atoms with van der Waals surface area (Å²) in [6.45, 7) is 5.15. The molecule has 0 bridgehead atoms. The second-order valence-corrected chi connectivity index (χ2v) is 9.55. The van der Waals surface area contributed by atoms with E-state index in [2.05, 4.69) is 41.3 Å². The van der Waals surface area contributed by atoms with Gasteiger partial charge < -0.3 is 19.1 Å². The first-order chi connectivity index (χ1) is 17.8. The lowest BCUT2D eigenvalue weighted by Gasteiger charge is -2.40. The molecule has 3 heterocycles. The SMILES string of the molecule is CCc1ccc(C2CC(c3nc(-c4cccc(C(F)(F)F)c4)no3)CN(C(=O)N3CCOCC3)C2)cc1. The highest BCUT2D eigenvalue weighted by atomic mass is 19.4. The fourth-order valence-electron chi connectivity index (χ4n) is 5.01. The lowest BCUT2D eigenvalue weighted by Crippen LogP contribution is -2.52. The number of aromatic nitrogens is 2. The van der Waals surface area contributed by atoms with Crippen LogP contribution >= 0.6 is 0 Å². The molecule has 196 valence electrons. The van der Waals surface area contributed by atoms with E-state index < -0.39 is 11.7 Å². The molecular formula is C27H29F3N4O3. The summed E-state index contributed by atoms with van der Waals surface area (Å²) in [5.74, 6) is 0.226. The molecule has 2 fully saturated rings. The lowest BCUT2D eigenvalue weighted by atomic mass is 9.84. The standard InChI is InChI=1S/C27H29F3N4O3/c1-2-18-6-8-19(9-7-18)21-14-22(17-34(16-21)26(35)33-10-12-36-13-11-33)25-31-24(32-37-25)20-4-3-5-23(15-20)27(28,29)30/h3-9,15,21-22H,2,10-14,16-17H2,1H3. The number of alkyl halides is 3. The van der Waals surface area contributed by atoms with Gasteiger partial charge in [0.1, 0.15) is 0 Å². The van der Waals surface area contributed by atoms with Crippen LogP contribution in [0.4, 0.5) is 18.0 Å². The smallest absolute Gasteiger partial charge is 0.378 e. The highest BCUT2D eigenvalue weighted by Gasteiger charge is 2.37. The van der Waals surface area contributed by atoms with Crippen molar-refractivity contribution in [2.75, 3.05) is 39.4 Å². The van der Waals surface area contributed by atoms with Crippen LogP contribution in [0.3, 0.4) is 0 Å². The third-order valence-electron chi connectivity index (χ3n) is 7.10. The molecule has 0 radical (unpaired) electrons. The van der Waals surface area contributed by atoms with Crippen LogP contribution < -0.4 is 0 Å². The molecule has 5 rings (SSSR count). The molecule has 37 heavy (non-hydrogen) atoms. The number of benzene rings is 2. The van der Waals surface area contributed by atoms with Gasteiger partial charge in [0.2, 0.25) is 11.7 Å². The summed E-state index contributed by atoms with van der Waals surface area (Å²) in [5, 5.41) is 3.98. The first-order valence-corrected chi connectivity index (χ1v) is 12.5. The molecule has 10 heteroatoms. The molecule has 2 aliphatic heterocycles. The summed E-state index contributed by atoms with van der Waals surface area (Å²) >= 11 is 0. The summed E-state index contributed by atoms with van der Waals surface area (Å²) in [6, 6.07) is 13.2. The fourth-order valence-corrected chi connectivity index (χ4v) is 5.01. The van der Waals surface area contributed by atoms with Gasteiger partial charge >= 0.3 is 12.2 Å². The van der Waals surface area contributed by atoms with Gasteiger partial charge in [0.05, 0.1) is 24.7 Å². The number of hydrogen-bond acceptors (Lipinski definition) is 5. The van der Waals surface area contributed by atoms with E-state index in [1.54, 1.807) is 4.90 Å². The predicted molar refractivity (Wildman–Crippen MR) is 130 cm³/mol. The maximum atomic E-state index is 13.4. The van der Waals surface area contributed by atoms with Gasteiger partial charge in [-0.05, 0) is 36.1 Å². The number of carbonyl (C=O) groups excluding carboxylic acids is 1. The third-order valence-corrected chi connectivity index (χ3v) is 7.10. The number of piperidine rings is 1. The minimum Gasteiger partial charge on any atom is -0.378 e. The number of nitrogens with zero attached hydrogens (tertiary/aromatic N) is 4. The van der Waals surface area contributed by atoms with Crippen LogP contribution in [0.15, 0.2) is 53.1 Å². The van der Waals surface area contributed by atoms with Crippen molar-refractivity contribution in [3.05, 3.63) is 71.1 Å². The quantitative estimate of drug-likeness (QED) is 0.470. The van der Waals surface area contributed by atoms with Crippen molar-refractivity contribution in [3.8, 4) is 11.4 Å². The van der Waals surface area contributed by atoms with Crippen molar-refractivity contribution in [2.24, 2.45) is 0 Å². The first kappa shape index (κ1) is 25.3. The number of hydrogen-bond donors (Lipinski definition) is 0. The topological polar surface area (TPSA) is 71.7 Å². The van der Waals surface area contributed by atoms with Crippen LogP contribution in [0.1, 0.15) is 47.8 Å². The number of likely N-dealkylation sites (tertiary alicyclic amines) is 1. The number of halogens is 3. The Hall–Kier alpha value is -3.40. The summed E-state index contributed by atoms with van der Waals surface area (Å²) in [7, 11) is 0. The van der Waals surface area contributed by atoms with E-state index in [1.165, 1.54) is 17.7 Å². The molecule has 2 aromatic carbocycles. The van der Waals surface area contributed by atoms with E-state index >= 15 is 0 Å². The lowest BCUT2D eigenvalue weighted by molar-refractivity contribution is -0.137. The number of morpholine rings is 1. The van der Waals surface area contributed by atoms with Gasteiger partial charge in [-0.1, -0.05) is 48.5 Å². The Bertz CT molecular complexity index is 1220. The molecule has 0 spiro atoms. The van der Waals surface area contributed by atoms with E-state index in [-0.39, 0.29) is 29.3 Å². The minimum atomic E-state index is -4.47. The molecule has 0 saturated carbocycles. The molecular weight excluding hydrogens is 485 g/mol. The molecule has 0 N–H and O–H groups in total. The Kier molecular flexibility index (Phi) is 7.19. The van der Waals surface area contributed by atoms with Crippen LogP contribution in [0.25, 0.3) is 11.4 Å². The van der Waals surface area contributed by atoms with Gasteiger partial charge in [0.15, 0.2) is 0 Å². The van der Waals surface area contributed by atoms with Crippen molar-refractivity contribution in [3.63, 3.8) is 0 Å². The zero-order chi connectivity index (χ0) is 26.0. The Morgan fingerprint density at radius 1 is 1.03 bits per heavy atom. The highest BCUT2D eigenvalue weighted by molar-refractivity contribution is 5.75. The molecule has 2 aliphatic rings. The minimum absolute atomic E-state index is 0.0542. The van der Waals surface area contributed by atoms with Crippen molar-refractivity contribution < 1.29 is 27.2 Å². The van der Waals surface area contributed by atoms with Crippen LogP contribution in [0.2, 0.25) is 0 Å². The van der Waals surface area contributed by atoms with Gasteiger partial charge in [-0.15, -0.1) is 0 Å². The van der Waals surface area contributed by atoms with Crippen molar-refractivity contribution in [2.45, 2.75) is 37.8 Å². The second kappa shape index (κ2) is 10.5. The fraction of sp³-hybridized carbons (Fsp3) is 0.444. The van der Waals surface area contributed by atoms with Crippen LogP contribution in [0, 0.1) is 0 Å². The largest absolute Gasteiger partial charge is 0.416 e. The number of carbonyl (C=O) groups is 1. The zero-order valence-corrected chi connectivity index (χ0v) is 20.6. The number of rotatable bonds is 4. The molecule has 3 aromatic rings. The monoisotopic (exact) mass is 514 g/mol. The maximum absolute atomic E-state index is 13.4. The molecule has 2 saturated heterocycles. The van der Waals surface area contributed by atoms with E-state index in [0.717, 1.165) is 24.1 Å². The average molecular weight is 515 g/mol. The van der Waals surface area contributed by atoms with Crippen LogP contribution in [-0.4, -0.2) is 65.4 Å². The number of ether oxygens (including phenoxy) is 1. The zero-order valence-electron chi connectivity index (χ0n) is 20.6. The summed E-state index contributed by atoms with van der Waals surface area (Å²) in [4.78, 5) is 21.5. The Balaban J connectivity index is 1.41. The summed E-state index contributed by atoms with van der Waals surface area (Å²) in [6.07, 6.45) is -2.84. The summed E-state index contributed by atoms with van der Waals surface area (Å²) < 4.78 is 50.5. The second-order valence-electron chi connectivity index (χ2n) is 9.55. The van der Waals surface area contributed by atoms with Crippen molar-refractivity contribution in [1.82, 2.24) is 19.9 Å². The third kappa shape index (κ3) is 5.64. The molecule has 2 amide bonds. The molecule has 7 nitrogen and oxygen atoms in total. The van der Waals surface area contributed by atoms with Crippen molar-refractivity contribution in [1.29, 1.82) is 0 Å². The van der Waals surface area contributed by atoms with Gasteiger partial charge in [-0.25, -0.2) is 4.79 Å². The molecule has 2 unspecified atom stereocenters. The average Bonchev–Trinajstić information content (AvgIpc) is 3.43. The Morgan fingerprint density at radius 3 is 2.46 bits per heavy atom. The van der Waals surface area contributed by atoms with Crippen LogP contribution in [-0.2, 0) is 17.3 Å². The highest BCUT2D eigenvalue weighted by Crippen LogP contribution is 2.37. The van der Waals surface area contributed by atoms with Gasteiger partial charge in [-0.2, -0.15) is 18.2 Å². The molecule has 0 aliphatic carbocycles. The molecule has 1 aromatic heterocycles. The van der Waals surface area contributed by atoms with Gasteiger partial charge in [-0.3, -0.25) is 0 Å².